The standard InChI is InChI=1S/C23H27NO5S/c1-4-29-23(28)19-18(15-10-9-13(2)11-14(15)3)12-30-21(19)24-20(25)16-7-5-6-8-17(16)22(26)27/h9-12,16-17H,4-8H2,1-3H3,(H,24,25)(H,26,27)/t16-,17-/m1/s1. The molecule has 1 amide bonds. The number of carboxylic acid groups (broad SMARTS) is 1. The van der Waals surface area contributed by atoms with E-state index >= 15 is 0 Å². The number of rotatable bonds is 6. The summed E-state index contributed by atoms with van der Waals surface area (Å²) in [6.45, 7) is 5.94. The average Bonchev–Trinajstić information content (AvgIpc) is 3.11. The van der Waals surface area contributed by atoms with Gasteiger partial charge >= 0.3 is 11.9 Å². The Bertz CT molecular complexity index is 964. The minimum atomic E-state index is -0.942. The highest BCUT2D eigenvalue weighted by Gasteiger charge is 2.36. The molecular weight excluding hydrogens is 402 g/mol. The second-order valence-electron chi connectivity index (χ2n) is 7.72. The summed E-state index contributed by atoms with van der Waals surface area (Å²) in [5, 5.41) is 14.6. The number of esters is 1. The number of aliphatic carboxylic acids is 1. The van der Waals surface area contributed by atoms with Crippen molar-refractivity contribution in [3.8, 4) is 11.1 Å². The van der Waals surface area contributed by atoms with Gasteiger partial charge in [-0.05, 0) is 44.7 Å². The van der Waals surface area contributed by atoms with E-state index in [1.807, 2.05) is 37.4 Å². The number of nitrogens with one attached hydrogen (secondary N) is 1. The number of hydrogen-bond acceptors (Lipinski definition) is 5. The number of carboxylic acids is 1. The Morgan fingerprint density at radius 2 is 1.83 bits per heavy atom. The Hall–Kier alpha value is -2.67. The Balaban J connectivity index is 1.96. The molecule has 160 valence electrons. The largest absolute Gasteiger partial charge is 0.481 e. The van der Waals surface area contributed by atoms with E-state index in [-0.39, 0.29) is 12.5 Å². The molecule has 0 unspecified atom stereocenters. The van der Waals surface area contributed by atoms with Crippen molar-refractivity contribution in [2.45, 2.75) is 46.5 Å². The van der Waals surface area contributed by atoms with Gasteiger partial charge < -0.3 is 15.2 Å². The lowest BCUT2D eigenvalue weighted by molar-refractivity contribution is -0.147. The van der Waals surface area contributed by atoms with Gasteiger partial charge in [-0.25, -0.2) is 4.79 Å². The van der Waals surface area contributed by atoms with Crippen molar-refractivity contribution in [1.82, 2.24) is 0 Å². The third-order valence-electron chi connectivity index (χ3n) is 5.60. The summed E-state index contributed by atoms with van der Waals surface area (Å²) >= 11 is 1.26. The smallest absolute Gasteiger partial charge is 0.341 e. The lowest BCUT2D eigenvalue weighted by Crippen LogP contribution is -2.36. The molecular formula is C23H27NO5S. The molecule has 0 spiro atoms. The molecule has 2 N–H and O–H groups in total. The van der Waals surface area contributed by atoms with E-state index in [9.17, 15) is 19.5 Å². The molecule has 1 heterocycles. The first-order valence-electron chi connectivity index (χ1n) is 10.2. The van der Waals surface area contributed by atoms with Gasteiger partial charge in [0.1, 0.15) is 10.6 Å². The number of carbonyl (C=O) groups excluding carboxylic acids is 2. The zero-order valence-corrected chi connectivity index (χ0v) is 18.3. The van der Waals surface area contributed by atoms with Crippen LogP contribution >= 0.6 is 11.3 Å². The maximum Gasteiger partial charge on any atom is 0.341 e. The molecule has 1 saturated carbocycles. The summed E-state index contributed by atoms with van der Waals surface area (Å²) in [5.41, 5.74) is 4.08. The van der Waals surface area contributed by atoms with Crippen molar-refractivity contribution in [1.29, 1.82) is 0 Å². The van der Waals surface area contributed by atoms with Crippen molar-refractivity contribution in [3.05, 3.63) is 40.3 Å². The van der Waals surface area contributed by atoms with E-state index in [1.54, 1.807) is 6.92 Å². The van der Waals surface area contributed by atoms with Crippen molar-refractivity contribution in [2.24, 2.45) is 11.8 Å². The van der Waals surface area contributed by atoms with Crippen LogP contribution in [0.4, 0.5) is 5.00 Å². The lowest BCUT2D eigenvalue weighted by Gasteiger charge is -2.27. The fraction of sp³-hybridized carbons (Fsp3) is 0.435. The van der Waals surface area contributed by atoms with Crippen molar-refractivity contribution < 1.29 is 24.2 Å². The second kappa shape index (κ2) is 9.43. The van der Waals surface area contributed by atoms with Crippen LogP contribution in [0.25, 0.3) is 11.1 Å². The van der Waals surface area contributed by atoms with E-state index < -0.39 is 23.8 Å². The zero-order chi connectivity index (χ0) is 21.8. The molecule has 2 aromatic rings. The molecule has 2 atom stereocenters. The highest BCUT2D eigenvalue weighted by atomic mass is 32.1. The molecule has 3 rings (SSSR count). The Morgan fingerprint density at radius 1 is 1.13 bits per heavy atom. The third-order valence-corrected chi connectivity index (χ3v) is 6.49. The zero-order valence-electron chi connectivity index (χ0n) is 17.5. The normalized spacial score (nSPS) is 18.6. The van der Waals surface area contributed by atoms with Gasteiger partial charge in [0.05, 0.1) is 18.4 Å². The van der Waals surface area contributed by atoms with Crippen molar-refractivity contribution in [2.75, 3.05) is 11.9 Å². The summed E-state index contributed by atoms with van der Waals surface area (Å²) in [6, 6.07) is 5.98. The second-order valence-corrected chi connectivity index (χ2v) is 8.60. The number of anilines is 1. The van der Waals surface area contributed by atoms with E-state index in [4.69, 9.17) is 4.74 Å². The number of thiophene rings is 1. The van der Waals surface area contributed by atoms with Crippen LogP contribution in [0, 0.1) is 25.7 Å². The van der Waals surface area contributed by atoms with Gasteiger partial charge in [-0.15, -0.1) is 11.3 Å². The van der Waals surface area contributed by atoms with Gasteiger partial charge in [-0.1, -0.05) is 36.6 Å². The van der Waals surface area contributed by atoms with Crippen LogP contribution in [0.1, 0.15) is 54.1 Å². The molecule has 0 saturated heterocycles. The molecule has 7 heteroatoms. The van der Waals surface area contributed by atoms with Crippen LogP contribution in [-0.4, -0.2) is 29.6 Å². The molecule has 1 aromatic carbocycles. The summed E-state index contributed by atoms with van der Waals surface area (Å²) < 4.78 is 5.26. The molecule has 1 aliphatic carbocycles. The van der Waals surface area contributed by atoms with Crippen LogP contribution in [0.5, 0.6) is 0 Å². The number of carbonyl (C=O) groups is 3. The van der Waals surface area contributed by atoms with Crippen LogP contribution in [0.15, 0.2) is 23.6 Å². The van der Waals surface area contributed by atoms with Gasteiger partial charge in [0.15, 0.2) is 0 Å². The van der Waals surface area contributed by atoms with Crippen LogP contribution in [0.3, 0.4) is 0 Å². The lowest BCUT2D eigenvalue weighted by atomic mass is 9.78. The summed E-state index contributed by atoms with van der Waals surface area (Å²) in [7, 11) is 0. The highest BCUT2D eigenvalue weighted by molar-refractivity contribution is 7.15. The predicted octanol–water partition coefficient (Wildman–Crippen LogP) is 5.04. The van der Waals surface area contributed by atoms with Crippen molar-refractivity contribution in [3.63, 3.8) is 0 Å². The van der Waals surface area contributed by atoms with Crippen molar-refractivity contribution >= 4 is 34.2 Å². The molecule has 1 fully saturated rings. The van der Waals surface area contributed by atoms with Gasteiger partial charge in [-0.2, -0.15) is 0 Å². The summed E-state index contributed by atoms with van der Waals surface area (Å²) in [5.74, 6) is -3.08. The minimum Gasteiger partial charge on any atom is -0.481 e. The van der Waals surface area contributed by atoms with E-state index in [0.29, 0.717) is 29.0 Å². The minimum absolute atomic E-state index is 0.220. The quantitative estimate of drug-likeness (QED) is 0.628. The number of hydrogen-bond donors (Lipinski definition) is 2. The first-order valence-corrected chi connectivity index (χ1v) is 11.1. The van der Waals surface area contributed by atoms with E-state index in [2.05, 4.69) is 5.32 Å². The maximum atomic E-state index is 13.0. The van der Waals surface area contributed by atoms with Crippen LogP contribution in [0.2, 0.25) is 0 Å². The average molecular weight is 430 g/mol. The molecule has 0 radical (unpaired) electrons. The first-order chi connectivity index (χ1) is 14.3. The maximum absolute atomic E-state index is 13.0. The molecule has 30 heavy (non-hydrogen) atoms. The number of aryl methyl sites for hydroxylation is 2. The van der Waals surface area contributed by atoms with Crippen LogP contribution < -0.4 is 5.32 Å². The number of ether oxygens (including phenoxy) is 1. The third kappa shape index (κ3) is 4.56. The number of benzene rings is 1. The van der Waals surface area contributed by atoms with Gasteiger partial charge in [0, 0.05) is 10.9 Å². The predicted molar refractivity (Wildman–Crippen MR) is 117 cm³/mol. The Labute approximate surface area is 180 Å². The highest BCUT2D eigenvalue weighted by Crippen LogP contribution is 2.39. The van der Waals surface area contributed by atoms with Crippen LogP contribution in [-0.2, 0) is 14.3 Å². The molecule has 1 aromatic heterocycles. The fourth-order valence-corrected chi connectivity index (χ4v) is 5.07. The Morgan fingerprint density at radius 3 is 2.47 bits per heavy atom. The Kier molecular flexibility index (Phi) is 6.92. The molecule has 0 aliphatic heterocycles. The van der Waals surface area contributed by atoms with E-state index in [0.717, 1.165) is 29.5 Å². The van der Waals surface area contributed by atoms with Gasteiger partial charge in [0.2, 0.25) is 5.91 Å². The summed E-state index contributed by atoms with van der Waals surface area (Å²) in [4.78, 5) is 37.3. The van der Waals surface area contributed by atoms with Gasteiger partial charge in [0.25, 0.3) is 0 Å². The van der Waals surface area contributed by atoms with Gasteiger partial charge in [-0.3, -0.25) is 9.59 Å². The summed E-state index contributed by atoms with van der Waals surface area (Å²) in [6.07, 6.45) is 2.67. The molecule has 0 bridgehead atoms. The molecule has 6 nitrogen and oxygen atoms in total. The molecule has 1 aliphatic rings. The van der Waals surface area contributed by atoms with E-state index in [1.165, 1.54) is 11.3 Å². The fourth-order valence-electron chi connectivity index (χ4n) is 4.11. The topological polar surface area (TPSA) is 92.7 Å². The monoisotopic (exact) mass is 429 g/mol. The number of amides is 1. The first kappa shape index (κ1) is 22.0. The SMILES string of the molecule is CCOC(=O)c1c(-c2ccc(C)cc2C)csc1NC(=O)[C@@H]1CCCC[C@H]1C(=O)O.